The van der Waals surface area contributed by atoms with Crippen molar-refractivity contribution in [3.63, 3.8) is 0 Å². The summed E-state index contributed by atoms with van der Waals surface area (Å²) in [5, 5.41) is 3.43. The number of nitrogens with zero attached hydrogens (tertiary/aromatic N) is 2. The van der Waals surface area contributed by atoms with Crippen LogP contribution in [0.4, 0.5) is 0 Å². The molecule has 0 spiro atoms. The molecular weight excluding hydrogens is 210 g/mol. The highest BCUT2D eigenvalue weighted by Crippen LogP contribution is 2.30. The molecule has 17 heavy (non-hydrogen) atoms. The molecule has 0 aromatic rings. The molecule has 0 aromatic heterocycles. The highest BCUT2D eigenvalue weighted by atomic mass is 15.3. The second-order valence-corrected chi connectivity index (χ2v) is 6.06. The second kappa shape index (κ2) is 5.25. The summed E-state index contributed by atoms with van der Waals surface area (Å²) in [6, 6.07) is 2.63. The quantitative estimate of drug-likeness (QED) is 0.795. The third kappa shape index (κ3) is 2.38. The fraction of sp³-hybridized carbons (Fsp3) is 1.00. The summed E-state index contributed by atoms with van der Waals surface area (Å²) in [4.78, 5) is 5.56. The molecule has 3 heterocycles. The van der Waals surface area contributed by atoms with Crippen molar-refractivity contribution in [1.29, 1.82) is 0 Å². The molecule has 2 unspecified atom stereocenters. The molecule has 0 bridgehead atoms. The zero-order valence-electron chi connectivity index (χ0n) is 11.2. The van der Waals surface area contributed by atoms with Crippen molar-refractivity contribution in [1.82, 2.24) is 15.1 Å². The first-order valence-electron chi connectivity index (χ1n) is 7.59. The van der Waals surface area contributed by atoms with Crippen molar-refractivity contribution < 1.29 is 0 Å². The van der Waals surface area contributed by atoms with Gasteiger partial charge in [-0.05, 0) is 51.7 Å². The third-order valence-electron chi connectivity index (χ3n) is 4.97. The number of hydrogen-bond donors (Lipinski definition) is 1. The van der Waals surface area contributed by atoms with Crippen LogP contribution >= 0.6 is 0 Å². The van der Waals surface area contributed by atoms with Gasteiger partial charge in [-0.2, -0.15) is 0 Å². The van der Waals surface area contributed by atoms with Crippen LogP contribution in [0.2, 0.25) is 0 Å². The molecule has 3 saturated heterocycles. The Bertz CT molecular complexity index is 252. The van der Waals surface area contributed by atoms with Crippen LogP contribution in [0.1, 0.15) is 39.0 Å². The predicted octanol–water partition coefficient (Wildman–Crippen LogP) is 1.30. The van der Waals surface area contributed by atoms with E-state index < -0.39 is 0 Å². The molecule has 1 N–H and O–H groups in total. The molecule has 3 nitrogen and oxygen atoms in total. The lowest BCUT2D eigenvalue weighted by Crippen LogP contribution is -2.62. The van der Waals surface area contributed by atoms with Crippen LogP contribution < -0.4 is 5.32 Å². The zero-order valence-corrected chi connectivity index (χ0v) is 11.2. The Balaban J connectivity index is 1.60. The predicted molar refractivity (Wildman–Crippen MR) is 71.3 cm³/mol. The summed E-state index contributed by atoms with van der Waals surface area (Å²) in [7, 11) is 0. The minimum atomic E-state index is 0.841. The summed E-state index contributed by atoms with van der Waals surface area (Å²) < 4.78 is 0. The largest absolute Gasteiger partial charge is 0.314 e. The second-order valence-electron chi connectivity index (χ2n) is 6.06. The molecule has 0 saturated carbocycles. The van der Waals surface area contributed by atoms with Gasteiger partial charge in [0.2, 0.25) is 0 Å². The molecule has 3 aliphatic heterocycles. The Labute approximate surface area is 106 Å². The molecule has 0 amide bonds. The molecule has 0 radical (unpaired) electrons. The molecular formula is C14H27N3. The molecule has 3 fully saturated rings. The van der Waals surface area contributed by atoms with Crippen molar-refractivity contribution >= 4 is 0 Å². The van der Waals surface area contributed by atoms with Gasteiger partial charge >= 0.3 is 0 Å². The normalized spacial score (nSPS) is 34.9. The number of fused-ring (bicyclic) bond motifs is 1. The van der Waals surface area contributed by atoms with Gasteiger partial charge in [-0.25, -0.2) is 0 Å². The number of piperidine rings is 1. The average Bonchev–Trinajstić information content (AvgIpc) is 2.72. The van der Waals surface area contributed by atoms with E-state index in [4.69, 9.17) is 0 Å². The van der Waals surface area contributed by atoms with E-state index in [1.54, 1.807) is 0 Å². The van der Waals surface area contributed by atoms with Crippen molar-refractivity contribution in [2.45, 2.75) is 57.2 Å². The lowest BCUT2D eigenvalue weighted by atomic mass is 9.93. The van der Waals surface area contributed by atoms with Gasteiger partial charge < -0.3 is 10.2 Å². The van der Waals surface area contributed by atoms with Gasteiger partial charge in [-0.3, -0.25) is 4.90 Å². The van der Waals surface area contributed by atoms with E-state index in [1.165, 1.54) is 64.8 Å². The van der Waals surface area contributed by atoms with Gasteiger partial charge in [0.15, 0.2) is 0 Å². The lowest BCUT2D eigenvalue weighted by Gasteiger charge is -2.47. The van der Waals surface area contributed by atoms with Crippen LogP contribution in [0.25, 0.3) is 0 Å². The summed E-state index contributed by atoms with van der Waals surface area (Å²) >= 11 is 0. The fourth-order valence-corrected chi connectivity index (χ4v) is 3.93. The Morgan fingerprint density at radius 3 is 2.76 bits per heavy atom. The van der Waals surface area contributed by atoms with E-state index in [-0.39, 0.29) is 0 Å². The minimum Gasteiger partial charge on any atom is -0.314 e. The average molecular weight is 237 g/mol. The minimum absolute atomic E-state index is 0.841. The first-order chi connectivity index (χ1) is 8.38. The Hall–Kier alpha value is -0.120. The lowest BCUT2D eigenvalue weighted by molar-refractivity contribution is 0.0388. The maximum atomic E-state index is 3.43. The van der Waals surface area contributed by atoms with Crippen LogP contribution in [0.5, 0.6) is 0 Å². The fourth-order valence-electron chi connectivity index (χ4n) is 3.93. The number of nitrogens with one attached hydrogen (secondary N) is 1. The molecule has 98 valence electrons. The van der Waals surface area contributed by atoms with Gasteiger partial charge in [0.25, 0.3) is 0 Å². The highest BCUT2D eigenvalue weighted by Gasteiger charge is 2.37. The van der Waals surface area contributed by atoms with Crippen LogP contribution in [0.15, 0.2) is 0 Å². The highest BCUT2D eigenvalue weighted by molar-refractivity contribution is 4.94. The van der Waals surface area contributed by atoms with Crippen molar-refractivity contribution in [3.05, 3.63) is 0 Å². The molecule has 2 atom stereocenters. The third-order valence-corrected chi connectivity index (χ3v) is 4.97. The molecule has 3 rings (SSSR count). The van der Waals surface area contributed by atoms with Gasteiger partial charge in [-0.1, -0.05) is 6.92 Å². The van der Waals surface area contributed by atoms with Crippen molar-refractivity contribution in [2.24, 2.45) is 0 Å². The van der Waals surface area contributed by atoms with E-state index in [2.05, 4.69) is 22.0 Å². The van der Waals surface area contributed by atoms with E-state index in [0.717, 1.165) is 18.1 Å². The summed E-state index contributed by atoms with van der Waals surface area (Å²) in [6.45, 7) is 8.81. The Morgan fingerprint density at radius 2 is 2.06 bits per heavy atom. The maximum absolute atomic E-state index is 3.43. The van der Waals surface area contributed by atoms with Gasteiger partial charge in [0, 0.05) is 31.2 Å². The monoisotopic (exact) mass is 237 g/mol. The SMILES string of the molecule is CCCN(C1CNC1)C1CCN2CCCC2C1. The van der Waals surface area contributed by atoms with E-state index in [9.17, 15) is 0 Å². The van der Waals surface area contributed by atoms with Crippen LogP contribution in [-0.2, 0) is 0 Å². The standard InChI is InChI=1S/C14H27N3/c1-2-6-17(14-10-15-11-14)13-5-8-16-7-3-4-12(16)9-13/h12-15H,2-11H2,1H3. The number of rotatable bonds is 4. The van der Waals surface area contributed by atoms with Gasteiger partial charge in [0.1, 0.15) is 0 Å². The van der Waals surface area contributed by atoms with E-state index in [0.29, 0.717) is 0 Å². The topological polar surface area (TPSA) is 18.5 Å². The van der Waals surface area contributed by atoms with Crippen molar-refractivity contribution in [3.8, 4) is 0 Å². The molecule has 0 aliphatic carbocycles. The van der Waals surface area contributed by atoms with Gasteiger partial charge in [0.05, 0.1) is 0 Å². The van der Waals surface area contributed by atoms with E-state index >= 15 is 0 Å². The van der Waals surface area contributed by atoms with E-state index in [1.807, 2.05) is 0 Å². The first-order valence-corrected chi connectivity index (χ1v) is 7.59. The Kier molecular flexibility index (Phi) is 3.69. The summed E-state index contributed by atoms with van der Waals surface area (Å²) in [5.41, 5.74) is 0. The first kappa shape index (κ1) is 11.9. The maximum Gasteiger partial charge on any atom is 0.0348 e. The molecule has 3 heteroatoms. The van der Waals surface area contributed by atoms with Crippen molar-refractivity contribution in [2.75, 3.05) is 32.7 Å². The van der Waals surface area contributed by atoms with Crippen LogP contribution in [0.3, 0.4) is 0 Å². The molecule has 0 aromatic carbocycles. The van der Waals surface area contributed by atoms with Gasteiger partial charge in [-0.15, -0.1) is 0 Å². The van der Waals surface area contributed by atoms with Crippen LogP contribution in [-0.4, -0.2) is 60.6 Å². The molecule has 3 aliphatic rings. The summed E-state index contributed by atoms with van der Waals surface area (Å²) in [5.74, 6) is 0. The zero-order chi connectivity index (χ0) is 11.7. The van der Waals surface area contributed by atoms with Crippen LogP contribution in [0, 0.1) is 0 Å². The smallest absolute Gasteiger partial charge is 0.0348 e. The number of hydrogen-bond acceptors (Lipinski definition) is 3. The Morgan fingerprint density at radius 1 is 1.18 bits per heavy atom. The summed E-state index contributed by atoms with van der Waals surface area (Å²) in [6.07, 6.45) is 7.06.